The molecule has 4 aliphatic carbocycles. The fourth-order valence-corrected chi connectivity index (χ4v) is 5.53. The summed E-state index contributed by atoms with van der Waals surface area (Å²) in [5.74, 6) is 4.70. The van der Waals surface area contributed by atoms with E-state index in [1.165, 1.54) is 38.5 Å². The second kappa shape index (κ2) is 5.41. The van der Waals surface area contributed by atoms with Gasteiger partial charge in [0.05, 0.1) is 13.1 Å². The maximum Gasteiger partial charge on any atom is 0.317 e. The Hall–Kier alpha value is -1.01. The molecule has 4 bridgehead atoms. The van der Waals surface area contributed by atoms with Crippen molar-refractivity contribution in [2.75, 3.05) is 19.6 Å². The zero-order valence-corrected chi connectivity index (χ0v) is 12.2. The molecule has 4 aliphatic rings. The van der Waals surface area contributed by atoms with Gasteiger partial charge in [0, 0.05) is 6.54 Å². The van der Waals surface area contributed by atoms with Crippen LogP contribution in [0.1, 0.15) is 44.9 Å². The summed E-state index contributed by atoms with van der Waals surface area (Å²) in [6.45, 7) is 1.39. The van der Waals surface area contributed by atoms with Crippen molar-refractivity contribution in [2.24, 2.45) is 23.2 Å². The van der Waals surface area contributed by atoms with Crippen molar-refractivity contribution >= 4 is 5.97 Å². The molecule has 0 aromatic heterocycles. The highest BCUT2D eigenvalue weighted by Gasteiger charge is 2.50. The van der Waals surface area contributed by atoms with Crippen molar-refractivity contribution in [1.29, 1.82) is 0 Å². The van der Waals surface area contributed by atoms with E-state index in [2.05, 4.69) is 5.92 Å². The average molecular weight is 275 g/mol. The third-order valence-corrected chi connectivity index (χ3v) is 5.80. The van der Waals surface area contributed by atoms with Crippen LogP contribution < -0.4 is 0 Å². The van der Waals surface area contributed by atoms with Crippen LogP contribution in [0.3, 0.4) is 0 Å². The first kappa shape index (κ1) is 13.9. The van der Waals surface area contributed by atoms with Crippen LogP contribution in [0.2, 0.25) is 0 Å². The summed E-state index contributed by atoms with van der Waals surface area (Å²) >= 11 is 0. The maximum absolute atomic E-state index is 10.9. The summed E-state index contributed by atoms with van der Waals surface area (Å²) in [6.07, 6.45) is 15.0. The number of terminal acetylenes is 1. The Morgan fingerprint density at radius 2 is 1.75 bits per heavy atom. The van der Waals surface area contributed by atoms with Crippen LogP contribution in [-0.2, 0) is 4.79 Å². The predicted molar refractivity (Wildman–Crippen MR) is 78.1 cm³/mol. The van der Waals surface area contributed by atoms with Gasteiger partial charge in [-0.3, -0.25) is 9.69 Å². The van der Waals surface area contributed by atoms with Crippen molar-refractivity contribution in [2.45, 2.75) is 44.9 Å². The highest BCUT2D eigenvalue weighted by Crippen LogP contribution is 2.61. The third-order valence-electron chi connectivity index (χ3n) is 5.80. The van der Waals surface area contributed by atoms with Crippen LogP contribution in [0.5, 0.6) is 0 Å². The molecule has 0 atom stereocenters. The molecule has 0 radical (unpaired) electrons. The van der Waals surface area contributed by atoms with Crippen LogP contribution in [0.15, 0.2) is 0 Å². The SMILES string of the molecule is C#CCN(CCC12CC3CC(CC(C3)C1)C2)CC(=O)O. The molecule has 0 amide bonds. The highest BCUT2D eigenvalue weighted by molar-refractivity contribution is 5.69. The topological polar surface area (TPSA) is 40.5 Å². The number of hydrogen-bond acceptors (Lipinski definition) is 2. The van der Waals surface area contributed by atoms with Gasteiger partial charge in [0.1, 0.15) is 0 Å². The monoisotopic (exact) mass is 275 g/mol. The van der Waals surface area contributed by atoms with E-state index >= 15 is 0 Å². The minimum Gasteiger partial charge on any atom is -0.480 e. The van der Waals surface area contributed by atoms with Gasteiger partial charge in [-0.15, -0.1) is 6.42 Å². The lowest BCUT2D eigenvalue weighted by atomic mass is 9.49. The van der Waals surface area contributed by atoms with E-state index < -0.39 is 5.97 Å². The fraction of sp³-hybridized carbons (Fsp3) is 0.824. The molecule has 0 unspecified atom stereocenters. The molecule has 4 fully saturated rings. The summed E-state index contributed by atoms with van der Waals surface area (Å²) in [4.78, 5) is 12.8. The quantitative estimate of drug-likeness (QED) is 0.758. The molecule has 3 nitrogen and oxygen atoms in total. The van der Waals surface area contributed by atoms with Crippen molar-refractivity contribution in [3.63, 3.8) is 0 Å². The number of rotatable bonds is 6. The first-order chi connectivity index (χ1) is 9.58. The Kier molecular flexibility index (Phi) is 3.77. The van der Waals surface area contributed by atoms with Gasteiger partial charge in [-0.25, -0.2) is 0 Å². The molecule has 0 aliphatic heterocycles. The zero-order valence-electron chi connectivity index (χ0n) is 12.2. The van der Waals surface area contributed by atoms with Gasteiger partial charge in [-0.05, 0) is 68.1 Å². The summed E-state index contributed by atoms with van der Waals surface area (Å²) in [6, 6.07) is 0. The Morgan fingerprint density at radius 3 is 2.20 bits per heavy atom. The van der Waals surface area contributed by atoms with Crippen molar-refractivity contribution in [3.05, 3.63) is 0 Å². The normalized spacial score (nSPS) is 38.1. The van der Waals surface area contributed by atoms with Gasteiger partial charge in [0.15, 0.2) is 0 Å². The smallest absolute Gasteiger partial charge is 0.317 e. The van der Waals surface area contributed by atoms with Gasteiger partial charge in [0.2, 0.25) is 0 Å². The summed E-state index contributed by atoms with van der Waals surface area (Å²) < 4.78 is 0. The van der Waals surface area contributed by atoms with Gasteiger partial charge in [0.25, 0.3) is 0 Å². The summed E-state index contributed by atoms with van der Waals surface area (Å²) in [5.41, 5.74) is 0.514. The van der Waals surface area contributed by atoms with Gasteiger partial charge < -0.3 is 5.11 Å². The van der Waals surface area contributed by atoms with Crippen molar-refractivity contribution in [1.82, 2.24) is 4.90 Å². The molecule has 3 heteroatoms. The maximum atomic E-state index is 10.9. The molecule has 0 aromatic carbocycles. The third kappa shape index (κ3) is 2.86. The summed E-state index contributed by atoms with van der Waals surface area (Å²) in [7, 11) is 0. The van der Waals surface area contributed by atoms with E-state index in [9.17, 15) is 4.79 Å². The first-order valence-corrected chi connectivity index (χ1v) is 7.96. The van der Waals surface area contributed by atoms with Crippen LogP contribution in [0, 0.1) is 35.5 Å². The van der Waals surface area contributed by atoms with Crippen LogP contribution in [0.25, 0.3) is 0 Å². The van der Waals surface area contributed by atoms with Crippen molar-refractivity contribution < 1.29 is 9.90 Å². The number of aliphatic carboxylic acids is 1. The lowest BCUT2D eigenvalue weighted by Gasteiger charge is -2.57. The average Bonchev–Trinajstić information content (AvgIpc) is 2.34. The van der Waals surface area contributed by atoms with E-state index in [1.54, 1.807) is 0 Å². The van der Waals surface area contributed by atoms with Crippen LogP contribution in [-0.4, -0.2) is 35.6 Å². The zero-order chi connectivity index (χ0) is 14.2. The molecule has 4 rings (SSSR count). The predicted octanol–water partition coefficient (Wildman–Crippen LogP) is 2.61. The van der Waals surface area contributed by atoms with Gasteiger partial charge in [-0.2, -0.15) is 0 Å². The van der Waals surface area contributed by atoms with E-state index in [-0.39, 0.29) is 6.54 Å². The number of carboxylic acids is 1. The largest absolute Gasteiger partial charge is 0.480 e. The Morgan fingerprint density at radius 1 is 1.20 bits per heavy atom. The number of carboxylic acid groups (broad SMARTS) is 1. The van der Waals surface area contributed by atoms with E-state index in [0.717, 1.165) is 30.7 Å². The molecule has 110 valence electrons. The Balaban J connectivity index is 1.59. The van der Waals surface area contributed by atoms with Gasteiger partial charge in [-0.1, -0.05) is 5.92 Å². The van der Waals surface area contributed by atoms with Crippen LogP contribution >= 0.6 is 0 Å². The lowest BCUT2D eigenvalue weighted by Crippen LogP contribution is -2.47. The van der Waals surface area contributed by atoms with Crippen LogP contribution in [0.4, 0.5) is 0 Å². The molecule has 20 heavy (non-hydrogen) atoms. The molecular formula is C17H25NO2. The molecule has 0 saturated heterocycles. The van der Waals surface area contributed by atoms with E-state index in [1.807, 2.05) is 4.90 Å². The highest BCUT2D eigenvalue weighted by atomic mass is 16.4. The van der Waals surface area contributed by atoms with E-state index in [4.69, 9.17) is 11.5 Å². The molecule has 1 N–H and O–H groups in total. The minimum absolute atomic E-state index is 0.0799. The standard InChI is InChI=1S/C17H25NO2/c1-2-4-18(12-16(19)20)5-3-17-9-13-6-14(10-17)8-15(7-13)11-17/h1,13-15H,3-12H2,(H,19,20). The second-order valence-corrected chi connectivity index (χ2v) is 7.48. The van der Waals surface area contributed by atoms with Crippen molar-refractivity contribution in [3.8, 4) is 12.3 Å². The lowest BCUT2D eigenvalue weighted by molar-refractivity contribution is -0.138. The molecule has 0 aromatic rings. The van der Waals surface area contributed by atoms with Gasteiger partial charge >= 0.3 is 5.97 Å². The number of nitrogens with zero attached hydrogens (tertiary/aromatic N) is 1. The number of carbonyl (C=O) groups is 1. The second-order valence-electron chi connectivity index (χ2n) is 7.48. The molecule has 0 spiro atoms. The van der Waals surface area contributed by atoms with E-state index in [0.29, 0.717) is 12.0 Å². The molecular weight excluding hydrogens is 250 g/mol. The Labute approximate surface area is 121 Å². The molecule has 4 saturated carbocycles. The number of hydrogen-bond donors (Lipinski definition) is 1. The fourth-order valence-electron chi connectivity index (χ4n) is 5.53. The first-order valence-electron chi connectivity index (χ1n) is 7.96. The molecule has 0 heterocycles. The summed E-state index contributed by atoms with van der Waals surface area (Å²) in [5, 5.41) is 8.96. The Bertz CT molecular complexity index is 388. The minimum atomic E-state index is -0.772.